The van der Waals surface area contributed by atoms with Crippen molar-refractivity contribution in [3.05, 3.63) is 48.0 Å². The maximum atomic E-state index is 3.16. The topological polar surface area (TPSA) is 31.6 Å². The Bertz CT molecular complexity index is 260. The molecule has 2 aromatic heterocycles. The van der Waals surface area contributed by atoms with Crippen molar-refractivity contribution < 1.29 is 0 Å². The van der Waals surface area contributed by atoms with Crippen LogP contribution in [0, 0.1) is 0 Å². The summed E-state index contributed by atoms with van der Waals surface area (Å²) < 4.78 is 0. The lowest BCUT2D eigenvalue weighted by molar-refractivity contribution is 1.05. The van der Waals surface area contributed by atoms with Crippen molar-refractivity contribution in [1.82, 2.24) is 9.97 Å². The van der Waals surface area contributed by atoms with E-state index in [1.165, 1.54) is 11.4 Å². The first-order valence-electron chi connectivity index (χ1n) is 3.70. The fourth-order valence-electron chi connectivity index (χ4n) is 1.16. The fourth-order valence-corrected chi connectivity index (χ4v) is 1.16. The van der Waals surface area contributed by atoms with Gasteiger partial charge in [0.25, 0.3) is 0 Å². The van der Waals surface area contributed by atoms with Gasteiger partial charge in [0.1, 0.15) is 0 Å². The van der Waals surface area contributed by atoms with Crippen LogP contribution in [0.25, 0.3) is 0 Å². The summed E-state index contributed by atoms with van der Waals surface area (Å²) in [6.45, 7) is 0. The number of hydrogen-bond donors (Lipinski definition) is 2. The van der Waals surface area contributed by atoms with E-state index >= 15 is 0 Å². The standard InChI is InChI=1S/C9H10N2/c1-3-8(10-5-1)7-9-4-2-6-11-9/h1-6,10-11H,7H2/i5+1,6+1. The van der Waals surface area contributed by atoms with E-state index in [2.05, 4.69) is 22.1 Å². The van der Waals surface area contributed by atoms with Gasteiger partial charge >= 0.3 is 0 Å². The van der Waals surface area contributed by atoms with Crippen LogP contribution < -0.4 is 0 Å². The van der Waals surface area contributed by atoms with E-state index < -0.39 is 0 Å². The molecule has 0 fully saturated rings. The normalized spacial score (nSPS) is 10.2. The van der Waals surface area contributed by atoms with E-state index in [4.69, 9.17) is 0 Å². The first-order valence-corrected chi connectivity index (χ1v) is 3.70. The second-order valence-electron chi connectivity index (χ2n) is 2.57. The van der Waals surface area contributed by atoms with Crippen molar-refractivity contribution in [1.29, 1.82) is 0 Å². The molecule has 2 heterocycles. The summed E-state index contributed by atoms with van der Waals surface area (Å²) in [7, 11) is 0. The molecular formula is C9H10N2. The van der Waals surface area contributed by atoms with Gasteiger partial charge in [0.05, 0.1) is 0 Å². The van der Waals surface area contributed by atoms with E-state index in [0.717, 1.165) is 6.42 Å². The Kier molecular flexibility index (Phi) is 1.52. The van der Waals surface area contributed by atoms with Crippen molar-refractivity contribution in [2.45, 2.75) is 6.42 Å². The minimum absolute atomic E-state index is 0.958. The van der Waals surface area contributed by atoms with Crippen molar-refractivity contribution in [3.63, 3.8) is 0 Å². The molecule has 11 heavy (non-hydrogen) atoms. The summed E-state index contributed by atoms with van der Waals surface area (Å²) in [5.41, 5.74) is 2.49. The van der Waals surface area contributed by atoms with Crippen LogP contribution in [0.3, 0.4) is 0 Å². The first-order chi connectivity index (χ1) is 5.45. The average molecular weight is 148 g/mol. The molecule has 0 radical (unpaired) electrons. The Morgan fingerprint density at radius 2 is 1.45 bits per heavy atom. The summed E-state index contributed by atoms with van der Waals surface area (Å²) in [5.74, 6) is 0. The maximum Gasteiger partial charge on any atom is 0.0278 e. The lowest BCUT2D eigenvalue weighted by Gasteiger charge is -1.92. The van der Waals surface area contributed by atoms with Gasteiger partial charge in [-0.2, -0.15) is 0 Å². The van der Waals surface area contributed by atoms with Crippen LogP contribution in [0.15, 0.2) is 36.7 Å². The van der Waals surface area contributed by atoms with Crippen LogP contribution in [-0.4, -0.2) is 9.97 Å². The maximum absolute atomic E-state index is 3.16. The SMILES string of the molecule is c1cc(Cc2cc[13cH][nH]2)[nH][13cH]1. The highest BCUT2D eigenvalue weighted by Crippen LogP contribution is 2.03. The summed E-state index contributed by atoms with van der Waals surface area (Å²) >= 11 is 0. The van der Waals surface area contributed by atoms with Gasteiger partial charge < -0.3 is 9.97 Å². The predicted octanol–water partition coefficient (Wildman–Crippen LogP) is 1.93. The van der Waals surface area contributed by atoms with Crippen LogP contribution in [0.2, 0.25) is 0 Å². The summed E-state index contributed by atoms with van der Waals surface area (Å²) in [6, 6.07) is 8.19. The van der Waals surface area contributed by atoms with E-state index in [1.807, 2.05) is 24.5 Å². The number of aromatic nitrogens is 2. The minimum atomic E-state index is 0.958. The van der Waals surface area contributed by atoms with Crippen LogP contribution in [0.5, 0.6) is 0 Å². The largest absolute Gasteiger partial charge is 0.365 e. The second-order valence-corrected chi connectivity index (χ2v) is 2.57. The smallest absolute Gasteiger partial charge is 0.0278 e. The van der Waals surface area contributed by atoms with Gasteiger partial charge in [-0.05, 0) is 24.3 Å². The Morgan fingerprint density at radius 3 is 1.82 bits per heavy atom. The number of H-pyrrole nitrogens is 2. The van der Waals surface area contributed by atoms with Gasteiger partial charge in [-0.1, -0.05) is 0 Å². The Morgan fingerprint density at radius 1 is 0.909 bits per heavy atom. The number of aromatic amines is 2. The van der Waals surface area contributed by atoms with Gasteiger partial charge in [-0.25, -0.2) is 0 Å². The summed E-state index contributed by atoms with van der Waals surface area (Å²) in [5, 5.41) is 0. The molecule has 2 aromatic rings. The van der Waals surface area contributed by atoms with Crippen molar-refractivity contribution >= 4 is 0 Å². The zero-order valence-corrected chi connectivity index (χ0v) is 6.17. The lowest BCUT2D eigenvalue weighted by atomic mass is 10.2. The molecular weight excluding hydrogens is 138 g/mol. The quantitative estimate of drug-likeness (QED) is 0.652. The van der Waals surface area contributed by atoms with E-state index in [0.29, 0.717) is 0 Å². The Labute approximate surface area is 65.3 Å². The first kappa shape index (κ1) is 6.28. The molecule has 0 saturated heterocycles. The number of rotatable bonds is 2. The Hall–Kier alpha value is -1.44. The van der Waals surface area contributed by atoms with Crippen LogP contribution in [-0.2, 0) is 6.42 Å². The molecule has 0 unspecified atom stereocenters. The molecule has 2 rings (SSSR count). The van der Waals surface area contributed by atoms with E-state index in [9.17, 15) is 0 Å². The van der Waals surface area contributed by atoms with Crippen LogP contribution in [0.1, 0.15) is 11.4 Å². The zero-order chi connectivity index (χ0) is 7.52. The highest BCUT2D eigenvalue weighted by atomic mass is 14.8. The van der Waals surface area contributed by atoms with Gasteiger partial charge in [0, 0.05) is 30.2 Å². The third-order valence-electron chi connectivity index (χ3n) is 1.71. The fraction of sp³-hybridized carbons (Fsp3) is 0.111. The summed E-state index contributed by atoms with van der Waals surface area (Å²) in [4.78, 5) is 6.31. The molecule has 0 aliphatic carbocycles. The summed E-state index contributed by atoms with van der Waals surface area (Å²) in [6.07, 6.45) is 4.84. The molecule has 0 spiro atoms. The molecule has 0 saturated carbocycles. The van der Waals surface area contributed by atoms with Gasteiger partial charge in [-0.3, -0.25) is 0 Å². The van der Waals surface area contributed by atoms with Crippen LogP contribution >= 0.6 is 0 Å². The minimum Gasteiger partial charge on any atom is -0.365 e. The Balaban J connectivity index is 2.14. The molecule has 2 N–H and O–H groups in total. The monoisotopic (exact) mass is 148 g/mol. The third kappa shape index (κ3) is 1.34. The lowest BCUT2D eigenvalue weighted by Crippen LogP contribution is -1.86. The third-order valence-corrected chi connectivity index (χ3v) is 1.71. The molecule has 0 atom stereocenters. The zero-order valence-electron chi connectivity index (χ0n) is 6.17. The van der Waals surface area contributed by atoms with Crippen molar-refractivity contribution in [3.8, 4) is 0 Å². The molecule has 56 valence electrons. The average Bonchev–Trinajstić information content (AvgIpc) is 2.60. The van der Waals surface area contributed by atoms with Crippen molar-refractivity contribution in [2.75, 3.05) is 0 Å². The van der Waals surface area contributed by atoms with Gasteiger partial charge in [0.15, 0.2) is 0 Å². The van der Waals surface area contributed by atoms with Gasteiger partial charge in [-0.15, -0.1) is 0 Å². The molecule has 0 aliphatic heterocycles. The van der Waals surface area contributed by atoms with E-state index in [-0.39, 0.29) is 0 Å². The molecule has 0 bridgehead atoms. The van der Waals surface area contributed by atoms with Crippen molar-refractivity contribution in [2.24, 2.45) is 0 Å². The predicted molar refractivity (Wildman–Crippen MR) is 44.4 cm³/mol. The second kappa shape index (κ2) is 2.66. The molecule has 2 heteroatoms. The molecule has 0 amide bonds. The number of nitrogens with one attached hydrogen (secondary N) is 2. The molecule has 0 aromatic carbocycles. The molecule has 2 nitrogen and oxygen atoms in total. The highest BCUT2D eigenvalue weighted by Gasteiger charge is 1.94. The number of hydrogen-bond acceptors (Lipinski definition) is 0. The highest BCUT2D eigenvalue weighted by molar-refractivity contribution is 5.15. The van der Waals surface area contributed by atoms with E-state index in [1.54, 1.807) is 0 Å². The van der Waals surface area contributed by atoms with Gasteiger partial charge in [0.2, 0.25) is 0 Å². The molecule has 0 aliphatic rings. The van der Waals surface area contributed by atoms with Crippen LogP contribution in [0.4, 0.5) is 0 Å².